The highest BCUT2D eigenvalue weighted by molar-refractivity contribution is 7.94. The maximum atomic E-state index is 8.59. The van der Waals surface area contributed by atoms with Crippen molar-refractivity contribution in [2.45, 2.75) is 0 Å². The Hall–Kier alpha value is -1.34. The molecule has 62 valence electrons. The number of nitrogen functional groups attached to an aromatic ring is 1. The summed E-state index contributed by atoms with van der Waals surface area (Å²) in [4.78, 5) is 0. The Kier molecular flexibility index (Phi) is 2.83. The number of anilines is 1. The third-order valence-corrected chi connectivity index (χ3v) is 1.60. The van der Waals surface area contributed by atoms with Gasteiger partial charge in [0.25, 0.3) is 0 Å². The smallest absolute Gasteiger partial charge is 0.140 e. The van der Waals surface area contributed by atoms with Crippen molar-refractivity contribution in [1.82, 2.24) is 0 Å². The second kappa shape index (κ2) is 3.88. The van der Waals surface area contributed by atoms with Gasteiger partial charge in [-0.3, -0.25) is 0 Å². The van der Waals surface area contributed by atoms with Gasteiger partial charge in [-0.15, -0.1) is 0 Å². The van der Waals surface area contributed by atoms with Crippen LogP contribution in [-0.2, 0) is 0 Å². The van der Waals surface area contributed by atoms with E-state index in [1.54, 1.807) is 24.5 Å². The van der Waals surface area contributed by atoms with Crippen LogP contribution in [0.15, 0.2) is 18.2 Å². The first kappa shape index (κ1) is 8.75. The second-order valence-corrected chi connectivity index (χ2v) is 2.65. The van der Waals surface area contributed by atoms with Crippen LogP contribution < -0.4 is 9.92 Å². The number of nitriles is 1. The van der Waals surface area contributed by atoms with E-state index in [2.05, 4.69) is 0 Å². The summed E-state index contributed by atoms with van der Waals surface area (Å²) in [7, 11) is 0. The molecule has 0 aliphatic rings. The molecule has 1 aromatic rings. The SMILES string of the molecule is CSOc1cc(N)cc(C#N)c1. The van der Waals surface area contributed by atoms with E-state index < -0.39 is 0 Å². The summed E-state index contributed by atoms with van der Waals surface area (Å²) in [6.07, 6.45) is 1.80. The number of rotatable bonds is 2. The summed E-state index contributed by atoms with van der Waals surface area (Å²) in [5, 5.41) is 8.59. The van der Waals surface area contributed by atoms with Gasteiger partial charge in [-0.2, -0.15) is 5.26 Å². The van der Waals surface area contributed by atoms with Gasteiger partial charge in [-0.05, 0) is 12.1 Å². The molecule has 0 spiro atoms. The predicted molar refractivity (Wildman–Crippen MR) is 49.7 cm³/mol. The van der Waals surface area contributed by atoms with Gasteiger partial charge in [-0.1, -0.05) is 0 Å². The molecule has 2 N–H and O–H groups in total. The largest absolute Gasteiger partial charge is 0.426 e. The van der Waals surface area contributed by atoms with E-state index in [4.69, 9.17) is 15.2 Å². The molecular weight excluding hydrogens is 172 g/mol. The Morgan fingerprint density at radius 1 is 1.50 bits per heavy atom. The van der Waals surface area contributed by atoms with Gasteiger partial charge >= 0.3 is 0 Å². The Morgan fingerprint density at radius 3 is 2.83 bits per heavy atom. The first-order valence-electron chi connectivity index (χ1n) is 3.27. The summed E-state index contributed by atoms with van der Waals surface area (Å²) < 4.78 is 5.11. The third-order valence-electron chi connectivity index (χ3n) is 1.24. The van der Waals surface area contributed by atoms with Crippen LogP contribution in [0.2, 0.25) is 0 Å². The van der Waals surface area contributed by atoms with Crippen molar-refractivity contribution in [1.29, 1.82) is 5.26 Å². The van der Waals surface area contributed by atoms with Crippen molar-refractivity contribution in [3.63, 3.8) is 0 Å². The Labute approximate surface area is 75.3 Å². The van der Waals surface area contributed by atoms with Gasteiger partial charge in [0, 0.05) is 18.0 Å². The lowest BCUT2D eigenvalue weighted by molar-refractivity contribution is 0.650. The molecule has 1 rings (SSSR count). The van der Waals surface area contributed by atoms with Crippen molar-refractivity contribution in [2.75, 3.05) is 12.0 Å². The molecule has 0 heterocycles. The van der Waals surface area contributed by atoms with E-state index in [1.807, 2.05) is 6.07 Å². The number of nitrogens with zero attached hydrogens (tertiary/aromatic N) is 1. The number of benzene rings is 1. The zero-order chi connectivity index (χ0) is 8.97. The van der Waals surface area contributed by atoms with Crippen LogP contribution in [0.1, 0.15) is 5.56 Å². The van der Waals surface area contributed by atoms with Crippen molar-refractivity contribution in [3.05, 3.63) is 23.8 Å². The fraction of sp³-hybridized carbons (Fsp3) is 0.125. The molecule has 1 aromatic carbocycles. The number of hydrogen-bond donors (Lipinski definition) is 1. The molecule has 0 aromatic heterocycles. The molecule has 0 amide bonds. The van der Waals surface area contributed by atoms with Crippen LogP contribution in [0, 0.1) is 11.3 Å². The van der Waals surface area contributed by atoms with Gasteiger partial charge in [0.1, 0.15) is 5.75 Å². The molecule has 4 heteroatoms. The summed E-state index contributed by atoms with van der Waals surface area (Å²) in [5.41, 5.74) is 6.58. The van der Waals surface area contributed by atoms with Gasteiger partial charge in [0.05, 0.1) is 23.7 Å². The standard InChI is InChI=1S/C8H8N2OS/c1-12-11-8-3-6(5-9)2-7(10)4-8/h2-4H,10H2,1H3. The van der Waals surface area contributed by atoms with Gasteiger partial charge in [0.2, 0.25) is 0 Å². The fourth-order valence-electron chi connectivity index (χ4n) is 0.831. The van der Waals surface area contributed by atoms with E-state index in [1.165, 1.54) is 12.0 Å². The first-order chi connectivity index (χ1) is 5.76. The normalized spacial score (nSPS) is 9.00. The highest BCUT2D eigenvalue weighted by Crippen LogP contribution is 2.20. The minimum Gasteiger partial charge on any atom is -0.426 e. The summed E-state index contributed by atoms with van der Waals surface area (Å²) in [6.45, 7) is 0. The molecule has 0 unspecified atom stereocenters. The van der Waals surface area contributed by atoms with Crippen LogP contribution in [-0.4, -0.2) is 6.26 Å². The summed E-state index contributed by atoms with van der Waals surface area (Å²) >= 11 is 1.22. The van der Waals surface area contributed by atoms with Crippen molar-refractivity contribution in [3.8, 4) is 11.8 Å². The van der Waals surface area contributed by atoms with Gasteiger partial charge < -0.3 is 9.92 Å². The quantitative estimate of drug-likeness (QED) is 0.557. The average Bonchev–Trinajstić information content (AvgIpc) is 2.04. The monoisotopic (exact) mass is 180 g/mol. The second-order valence-electron chi connectivity index (χ2n) is 2.15. The minimum absolute atomic E-state index is 0.513. The lowest BCUT2D eigenvalue weighted by atomic mass is 10.2. The zero-order valence-corrected chi connectivity index (χ0v) is 7.39. The van der Waals surface area contributed by atoms with Gasteiger partial charge in [-0.25, -0.2) is 0 Å². The average molecular weight is 180 g/mol. The van der Waals surface area contributed by atoms with Crippen LogP contribution in [0.4, 0.5) is 5.69 Å². The van der Waals surface area contributed by atoms with E-state index in [0.717, 1.165) is 0 Å². The van der Waals surface area contributed by atoms with E-state index >= 15 is 0 Å². The van der Waals surface area contributed by atoms with Gasteiger partial charge in [0.15, 0.2) is 0 Å². The molecule has 0 radical (unpaired) electrons. The molecule has 0 fully saturated rings. The predicted octanol–water partition coefficient (Wildman–Crippen LogP) is 1.80. The lowest BCUT2D eigenvalue weighted by Crippen LogP contribution is -1.88. The third kappa shape index (κ3) is 2.07. The van der Waals surface area contributed by atoms with E-state index in [9.17, 15) is 0 Å². The molecule has 12 heavy (non-hydrogen) atoms. The minimum atomic E-state index is 0.513. The highest BCUT2D eigenvalue weighted by Gasteiger charge is 1.98. The van der Waals surface area contributed by atoms with Crippen LogP contribution in [0.3, 0.4) is 0 Å². The summed E-state index contributed by atoms with van der Waals surface area (Å²) in [6, 6.07) is 6.93. The maximum absolute atomic E-state index is 8.59. The topological polar surface area (TPSA) is 59.0 Å². The molecule has 0 aliphatic carbocycles. The Morgan fingerprint density at radius 2 is 2.25 bits per heavy atom. The molecule has 0 saturated carbocycles. The van der Waals surface area contributed by atoms with Crippen molar-refractivity contribution in [2.24, 2.45) is 0 Å². The zero-order valence-electron chi connectivity index (χ0n) is 6.57. The highest BCUT2D eigenvalue weighted by atomic mass is 32.2. The van der Waals surface area contributed by atoms with Crippen LogP contribution in [0.5, 0.6) is 5.75 Å². The first-order valence-corrected chi connectivity index (χ1v) is 4.42. The maximum Gasteiger partial charge on any atom is 0.140 e. The molecule has 0 saturated heterocycles. The van der Waals surface area contributed by atoms with Crippen molar-refractivity contribution < 1.29 is 4.18 Å². The fourth-order valence-corrected chi connectivity index (χ4v) is 1.12. The van der Waals surface area contributed by atoms with E-state index in [0.29, 0.717) is 17.0 Å². The molecule has 0 aliphatic heterocycles. The lowest BCUT2D eigenvalue weighted by Gasteiger charge is -2.01. The number of hydrogen-bond acceptors (Lipinski definition) is 4. The number of nitrogens with two attached hydrogens (primary N) is 1. The summed E-state index contributed by atoms with van der Waals surface area (Å²) in [5.74, 6) is 0.610. The molecule has 0 atom stereocenters. The molecular formula is C8H8N2OS. The van der Waals surface area contributed by atoms with E-state index in [-0.39, 0.29) is 0 Å². The Bertz CT molecular complexity index is 319. The Balaban J connectivity index is 3.00. The van der Waals surface area contributed by atoms with Crippen molar-refractivity contribution >= 4 is 17.7 Å². The molecule has 0 bridgehead atoms. The van der Waals surface area contributed by atoms with Crippen LogP contribution in [0.25, 0.3) is 0 Å². The van der Waals surface area contributed by atoms with Crippen LogP contribution >= 0.6 is 12.0 Å². The molecule has 3 nitrogen and oxygen atoms in total.